The first-order chi connectivity index (χ1) is 33.3. The van der Waals surface area contributed by atoms with Gasteiger partial charge >= 0.3 is 0 Å². The molecule has 11 aromatic carbocycles. The van der Waals surface area contributed by atoms with Crippen LogP contribution in [0.25, 0.3) is 54.9 Å². The smallest absolute Gasteiger partial charge is 0.179 e. The first kappa shape index (κ1) is 41.3. The van der Waals surface area contributed by atoms with Gasteiger partial charge in [-0.3, -0.25) is 0 Å². The Morgan fingerprint density at radius 1 is 0.324 bits per heavy atom. The van der Waals surface area contributed by atoms with E-state index in [1.54, 1.807) is 12.1 Å². The molecule has 0 amide bonds. The molecule has 0 saturated carbocycles. The molecule has 1 aliphatic carbocycles. The molecular formula is C65H48FNSi. The number of halogens is 1. The van der Waals surface area contributed by atoms with Gasteiger partial charge in [0.2, 0.25) is 0 Å². The molecule has 324 valence electrons. The molecule has 0 N–H and O–H groups in total. The molecule has 0 aromatic heterocycles. The van der Waals surface area contributed by atoms with Crippen molar-refractivity contribution in [2.24, 2.45) is 0 Å². The molecular weight excluding hydrogens is 842 g/mol. The Labute approximate surface area is 399 Å². The number of nitrogens with zero attached hydrogens (tertiary/aromatic N) is 1. The molecule has 0 unspecified atom stereocenters. The van der Waals surface area contributed by atoms with Crippen LogP contribution in [0.3, 0.4) is 0 Å². The third-order valence-electron chi connectivity index (χ3n) is 14.5. The topological polar surface area (TPSA) is 3.24 Å². The standard InChI is InChI=1S/C65H48FNSi/c1-65(2)63-19-11-10-18-61(63)62-41-34-56(44-64(62)65)67(54-30-20-48(21-31-54)45-12-4-3-5-13-45)55-32-22-49(23-33-55)50-24-35-57(36-25-50)68(58-39-28-53(66)29-40-58,59-37-26-46-14-6-8-16-51(46)42-59)60-38-27-47-15-7-9-17-52(47)43-60/h3-44H,1-2H3. The zero-order valence-electron chi connectivity index (χ0n) is 38.1. The second-order valence-electron chi connectivity index (χ2n) is 18.7. The van der Waals surface area contributed by atoms with Crippen LogP contribution in [0.15, 0.2) is 255 Å². The highest BCUT2D eigenvalue weighted by Crippen LogP contribution is 2.50. The number of hydrogen-bond acceptors (Lipinski definition) is 1. The van der Waals surface area contributed by atoms with Crippen LogP contribution in [0.4, 0.5) is 21.5 Å². The third-order valence-corrected chi connectivity index (χ3v) is 19.2. The van der Waals surface area contributed by atoms with E-state index in [4.69, 9.17) is 0 Å². The lowest BCUT2D eigenvalue weighted by atomic mass is 9.82. The van der Waals surface area contributed by atoms with Crippen molar-refractivity contribution in [2.45, 2.75) is 19.3 Å². The summed E-state index contributed by atoms with van der Waals surface area (Å²) in [6.45, 7) is 4.69. The summed E-state index contributed by atoms with van der Waals surface area (Å²) in [7, 11) is -3.02. The van der Waals surface area contributed by atoms with Crippen LogP contribution in [-0.2, 0) is 5.41 Å². The van der Waals surface area contributed by atoms with E-state index in [1.807, 2.05) is 12.1 Å². The van der Waals surface area contributed by atoms with Gasteiger partial charge < -0.3 is 4.90 Å². The minimum atomic E-state index is -3.02. The maximum absolute atomic E-state index is 14.8. The fourth-order valence-electron chi connectivity index (χ4n) is 11.0. The van der Waals surface area contributed by atoms with Crippen LogP contribution in [0.2, 0.25) is 0 Å². The first-order valence-corrected chi connectivity index (χ1v) is 25.5. The van der Waals surface area contributed by atoms with Crippen molar-refractivity contribution in [3.63, 3.8) is 0 Å². The van der Waals surface area contributed by atoms with E-state index in [-0.39, 0.29) is 11.2 Å². The summed E-state index contributed by atoms with van der Waals surface area (Å²) < 4.78 is 14.8. The SMILES string of the molecule is CC1(C)c2ccccc2-c2ccc(N(c3ccc(-c4ccccc4)cc3)c3ccc(-c4ccc([Si](c5ccc(F)cc5)(c5ccc6ccccc6c5)c5ccc6ccccc6c5)cc4)cc3)cc21. The minimum Gasteiger partial charge on any atom is -0.310 e. The summed E-state index contributed by atoms with van der Waals surface area (Å²) in [5.74, 6) is -0.235. The Morgan fingerprint density at radius 2 is 0.735 bits per heavy atom. The van der Waals surface area contributed by atoms with Gasteiger partial charge in [-0.05, 0) is 135 Å². The van der Waals surface area contributed by atoms with E-state index in [0.717, 1.165) is 33.4 Å². The quantitative estimate of drug-likeness (QED) is 0.103. The van der Waals surface area contributed by atoms with E-state index < -0.39 is 8.07 Å². The molecule has 0 heterocycles. The lowest BCUT2D eigenvalue weighted by Crippen LogP contribution is -2.74. The van der Waals surface area contributed by atoms with E-state index in [9.17, 15) is 4.39 Å². The van der Waals surface area contributed by atoms with Gasteiger partial charge in [0.05, 0.1) is 0 Å². The molecule has 0 spiro atoms. The van der Waals surface area contributed by atoms with E-state index >= 15 is 0 Å². The molecule has 0 radical (unpaired) electrons. The highest BCUT2D eigenvalue weighted by molar-refractivity contribution is 7.20. The second-order valence-corrected chi connectivity index (χ2v) is 22.5. The lowest BCUT2D eigenvalue weighted by molar-refractivity contribution is 0.628. The van der Waals surface area contributed by atoms with E-state index in [1.165, 1.54) is 70.5 Å². The Morgan fingerprint density at radius 3 is 1.29 bits per heavy atom. The van der Waals surface area contributed by atoms with Crippen LogP contribution >= 0.6 is 0 Å². The van der Waals surface area contributed by atoms with Gasteiger partial charge in [-0.15, -0.1) is 0 Å². The molecule has 0 bridgehead atoms. The lowest BCUT2D eigenvalue weighted by Gasteiger charge is -2.35. The molecule has 0 fully saturated rings. The fraction of sp³-hybridized carbons (Fsp3) is 0.0462. The highest BCUT2D eigenvalue weighted by atomic mass is 28.3. The summed E-state index contributed by atoms with van der Waals surface area (Å²) in [5.41, 5.74) is 13.2. The molecule has 3 heteroatoms. The van der Waals surface area contributed by atoms with Crippen LogP contribution in [0.1, 0.15) is 25.0 Å². The number of benzene rings is 11. The normalized spacial score (nSPS) is 12.8. The number of rotatable bonds is 9. The molecule has 0 saturated heterocycles. The van der Waals surface area contributed by atoms with Gasteiger partial charge in [-0.1, -0.05) is 220 Å². The summed E-state index contributed by atoms with van der Waals surface area (Å²) in [5, 5.41) is 9.66. The number of hydrogen-bond donors (Lipinski definition) is 0. The minimum absolute atomic E-state index is 0.124. The van der Waals surface area contributed by atoms with Crippen molar-refractivity contribution in [1.82, 2.24) is 0 Å². The maximum atomic E-state index is 14.8. The predicted octanol–water partition coefficient (Wildman–Crippen LogP) is 14.6. The Hall–Kier alpha value is -8.11. The second kappa shape index (κ2) is 16.6. The Bertz CT molecular complexity index is 3560. The van der Waals surface area contributed by atoms with Crippen molar-refractivity contribution in [3.05, 3.63) is 272 Å². The Balaban J connectivity index is 0.963. The molecule has 11 aromatic rings. The Kier molecular flexibility index (Phi) is 10.1. The first-order valence-electron chi connectivity index (χ1n) is 23.5. The molecule has 12 rings (SSSR count). The van der Waals surface area contributed by atoms with Gasteiger partial charge in [0.25, 0.3) is 0 Å². The van der Waals surface area contributed by atoms with E-state index in [2.05, 4.69) is 249 Å². The van der Waals surface area contributed by atoms with Gasteiger partial charge in [0.15, 0.2) is 8.07 Å². The number of anilines is 3. The molecule has 0 atom stereocenters. The zero-order chi connectivity index (χ0) is 45.8. The predicted molar refractivity (Wildman–Crippen MR) is 288 cm³/mol. The van der Waals surface area contributed by atoms with Gasteiger partial charge in [-0.25, -0.2) is 4.39 Å². The average Bonchev–Trinajstić information content (AvgIpc) is 3.63. The molecule has 0 aliphatic heterocycles. The van der Waals surface area contributed by atoms with Crippen LogP contribution in [-0.4, -0.2) is 8.07 Å². The summed E-state index contributed by atoms with van der Waals surface area (Å²) in [6.07, 6.45) is 0. The van der Waals surface area contributed by atoms with Crippen LogP contribution in [0.5, 0.6) is 0 Å². The van der Waals surface area contributed by atoms with Crippen molar-refractivity contribution in [3.8, 4) is 33.4 Å². The van der Waals surface area contributed by atoms with Gasteiger partial charge in [0.1, 0.15) is 5.82 Å². The highest BCUT2D eigenvalue weighted by Gasteiger charge is 2.42. The van der Waals surface area contributed by atoms with Crippen LogP contribution < -0.4 is 25.6 Å². The van der Waals surface area contributed by atoms with Crippen molar-refractivity contribution in [1.29, 1.82) is 0 Å². The zero-order valence-corrected chi connectivity index (χ0v) is 39.1. The summed E-state index contributed by atoms with van der Waals surface area (Å²) in [6, 6.07) is 91.8. The average molecular weight is 890 g/mol. The summed E-state index contributed by atoms with van der Waals surface area (Å²) >= 11 is 0. The van der Waals surface area contributed by atoms with Crippen molar-refractivity contribution >= 4 is 67.4 Å². The van der Waals surface area contributed by atoms with Crippen LogP contribution in [0, 0.1) is 5.82 Å². The maximum Gasteiger partial charge on any atom is 0.179 e. The molecule has 1 nitrogen and oxygen atoms in total. The van der Waals surface area contributed by atoms with Gasteiger partial charge in [-0.2, -0.15) is 0 Å². The van der Waals surface area contributed by atoms with Crippen molar-refractivity contribution in [2.75, 3.05) is 4.90 Å². The largest absolute Gasteiger partial charge is 0.310 e. The van der Waals surface area contributed by atoms with E-state index in [0.29, 0.717) is 0 Å². The fourth-order valence-corrected chi connectivity index (χ4v) is 15.7. The van der Waals surface area contributed by atoms with Crippen molar-refractivity contribution < 1.29 is 4.39 Å². The third kappa shape index (κ3) is 6.97. The monoisotopic (exact) mass is 889 g/mol. The summed E-state index contributed by atoms with van der Waals surface area (Å²) in [4.78, 5) is 2.39. The molecule has 68 heavy (non-hydrogen) atoms. The molecule has 1 aliphatic rings. The number of fused-ring (bicyclic) bond motifs is 5. The van der Waals surface area contributed by atoms with Gasteiger partial charge in [0, 0.05) is 22.5 Å².